The molecule has 1 heterocycles. The number of rotatable bonds is 4. The second kappa shape index (κ2) is 6.84. The highest BCUT2D eigenvalue weighted by molar-refractivity contribution is 5.94. The first-order valence-corrected chi connectivity index (χ1v) is 7.41. The van der Waals surface area contributed by atoms with E-state index < -0.39 is 0 Å². The molecular weight excluding hydrogens is 255 g/mol. The monoisotopic (exact) mass is 278 g/mol. The molecule has 4 heteroatoms. The van der Waals surface area contributed by atoms with Crippen LogP contribution in [0.25, 0.3) is 0 Å². The Hall–Kier alpha value is -1.42. The quantitative estimate of drug-likeness (QED) is 0.918. The van der Waals surface area contributed by atoms with Gasteiger partial charge in [0.15, 0.2) is 0 Å². The number of halogens is 1. The first-order chi connectivity index (χ1) is 9.63. The molecule has 1 amide bonds. The molecule has 1 aliphatic rings. The molecule has 1 aliphatic heterocycles. The molecule has 0 spiro atoms. The van der Waals surface area contributed by atoms with E-state index in [0.29, 0.717) is 11.1 Å². The lowest BCUT2D eigenvalue weighted by Crippen LogP contribution is -2.46. The van der Waals surface area contributed by atoms with Gasteiger partial charge in [-0.3, -0.25) is 4.79 Å². The Balaban J connectivity index is 2.18. The zero-order valence-corrected chi connectivity index (χ0v) is 12.3. The van der Waals surface area contributed by atoms with Crippen molar-refractivity contribution in [3.8, 4) is 0 Å². The molecule has 0 unspecified atom stereocenters. The number of nitrogens with zero attached hydrogens (tertiary/aromatic N) is 1. The molecule has 3 nitrogen and oxygen atoms in total. The summed E-state index contributed by atoms with van der Waals surface area (Å²) in [6, 6.07) is 5.04. The average Bonchev–Trinajstić information content (AvgIpc) is 2.48. The summed E-state index contributed by atoms with van der Waals surface area (Å²) in [4.78, 5) is 14.6. The third kappa shape index (κ3) is 3.37. The molecule has 20 heavy (non-hydrogen) atoms. The lowest BCUT2D eigenvalue weighted by molar-refractivity contribution is 0.0642. The number of benzene rings is 1. The van der Waals surface area contributed by atoms with Crippen molar-refractivity contribution in [3.05, 3.63) is 35.1 Å². The number of amides is 1. The van der Waals surface area contributed by atoms with Gasteiger partial charge in [-0.25, -0.2) is 4.39 Å². The molecule has 1 saturated heterocycles. The van der Waals surface area contributed by atoms with Crippen LogP contribution in [0, 0.1) is 12.7 Å². The minimum atomic E-state index is -0.308. The van der Waals surface area contributed by atoms with Crippen molar-refractivity contribution in [3.63, 3.8) is 0 Å². The minimum Gasteiger partial charge on any atom is -0.336 e. The van der Waals surface area contributed by atoms with Gasteiger partial charge in [0.25, 0.3) is 5.91 Å². The molecular formula is C16H23FN2O. The Labute approximate surface area is 120 Å². The highest BCUT2D eigenvalue weighted by atomic mass is 19.1. The van der Waals surface area contributed by atoms with E-state index in [1.54, 1.807) is 19.1 Å². The van der Waals surface area contributed by atoms with Gasteiger partial charge in [0.1, 0.15) is 5.82 Å². The number of carbonyl (C=O) groups is 1. The summed E-state index contributed by atoms with van der Waals surface area (Å²) in [5, 5.41) is 3.31. The first kappa shape index (κ1) is 15.0. The van der Waals surface area contributed by atoms with Crippen molar-refractivity contribution in [1.82, 2.24) is 10.2 Å². The van der Waals surface area contributed by atoms with Crippen molar-refractivity contribution in [2.45, 2.75) is 39.2 Å². The van der Waals surface area contributed by atoms with Crippen LogP contribution in [0.4, 0.5) is 4.39 Å². The van der Waals surface area contributed by atoms with Crippen molar-refractivity contribution >= 4 is 5.91 Å². The summed E-state index contributed by atoms with van der Waals surface area (Å²) in [5.41, 5.74) is 1.03. The topological polar surface area (TPSA) is 32.3 Å². The van der Waals surface area contributed by atoms with E-state index in [-0.39, 0.29) is 17.8 Å². The number of aryl methyl sites for hydroxylation is 1. The Morgan fingerprint density at radius 2 is 2.10 bits per heavy atom. The van der Waals surface area contributed by atoms with Crippen LogP contribution in [0.5, 0.6) is 0 Å². The molecule has 2 rings (SSSR count). The van der Waals surface area contributed by atoms with Crippen LogP contribution in [-0.2, 0) is 0 Å². The largest absolute Gasteiger partial charge is 0.336 e. The normalized spacial score (nSPS) is 16.1. The van der Waals surface area contributed by atoms with Crippen LogP contribution >= 0.6 is 0 Å². The van der Waals surface area contributed by atoms with E-state index in [0.717, 1.165) is 38.9 Å². The van der Waals surface area contributed by atoms with Crippen molar-refractivity contribution in [2.24, 2.45) is 0 Å². The van der Waals surface area contributed by atoms with Gasteiger partial charge in [-0.2, -0.15) is 0 Å². The van der Waals surface area contributed by atoms with Gasteiger partial charge in [0.05, 0.1) is 0 Å². The SMILES string of the molecule is CCCN(C(=O)c1ccc(C)c(F)c1)C1CCNCC1. The van der Waals surface area contributed by atoms with Crippen LogP contribution in [0.15, 0.2) is 18.2 Å². The molecule has 1 fully saturated rings. The van der Waals surface area contributed by atoms with Gasteiger partial charge >= 0.3 is 0 Å². The van der Waals surface area contributed by atoms with Crippen LogP contribution in [0.1, 0.15) is 42.1 Å². The summed E-state index contributed by atoms with van der Waals surface area (Å²) >= 11 is 0. The Bertz CT molecular complexity index is 470. The van der Waals surface area contributed by atoms with E-state index >= 15 is 0 Å². The molecule has 0 aromatic heterocycles. The van der Waals surface area contributed by atoms with E-state index in [1.165, 1.54) is 6.07 Å². The maximum Gasteiger partial charge on any atom is 0.254 e. The predicted molar refractivity (Wildman–Crippen MR) is 78.4 cm³/mol. The standard InChI is InChI=1S/C16H23FN2O/c1-3-10-19(14-6-8-18-9-7-14)16(20)13-5-4-12(2)15(17)11-13/h4-5,11,14,18H,3,6-10H2,1-2H3. The smallest absolute Gasteiger partial charge is 0.254 e. The highest BCUT2D eigenvalue weighted by Gasteiger charge is 2.25. The van der Waals surface area contributed by atoms with Crippen LogP contribution in [0.2, 0.25) is 0 Å². The second-order valence-corrected chi connectivity index (χ2v) is 5.44. The molecule has 110 valence electrons. The second-order valence-electron chi connectivity index (χ2n) is 5.44. The first-order valence-electron chi connectivity index (χ1n) is 7.41. The van der Waals surface area contributed by atoms with E-state index in [1.807, 2.05) is 4.90 Å². The van der Waals surface area contributed by atoms with Crippen molar-refractivity contribution < 1.29 is 9.18 Å². The molecule has 1 aromatic rings. The third-order valence-electron chi connectivity index (χ3n) is 3.89. The number of hydrogen-bond acceptors (Lipinski definition) is 2. The molecule has 1 aromatic carbocycles. The van der Waals surface area contributed by atoms with Crippen LogP contribution < -0.4 is 5.32 Å². The summed E-state index contributed by atoms with van der Waals surface area (Å²) in [5.74, 6) is -0.352. The van der Waals surface area contributed by atoms with E-state index in [9.17, 15) is 9.18 Å². The molecule has 0 aliphatic carbocycles. The summed E-state index contributed by atoms with van der Waals surface area (Å²) in [6.07, 6.45) is 2.87. The van der Waals surface area contributed by atoms with Gasteiger partial charge in [-0.1, -0.05) is 13.0 Å². The lowest BCUT2D eigenvalue weighted by atomic mass is 10.0. The fourth-order valence-corrected chi connectivity index (χ4v) is 2.70. The minimum absolute atomic E-state index is 0.0438. The fourth-order valence-electron chi connectivity index (χ4n) is 2.70. The average molecular weight is 278 g/mol. The Kier molecular flexibility index (Phi) is 5.12. The van der Waals surface area contributed by atoms with Gasteiger partial charge < -0.3 is 10.2 Å². The molecule has 1 N–H and O–H groups in total. The zero-order chi connectivity index (χ0) is 14.5. The summed E-state index contributed by atoms with van der Waals surface area (Å²) in [7, 11) is 0. The van der Waals surface area contributed by atoms with Crippen molar-refractivity contribution in [1.29, 1.82) is 0 Å². The summed E-state index contributed by atoms with van der Waals surface area (Å²) in [6.45, 7) is 6.40. The maximum absolute atomic E-state index is 13.7. The predicted octanol–water partition coefficient (Wildman–Crippen LogP) is 2.74. The fraction of sp³-hybridized carbons (Fsp3) is 0.562. The molecule has 0 radical (unpaired) electrons. The highest BCUT2D eigenvalue weighted by Crippen LogP contribution is 2.18. The van der Waals surface area contributed by atoms with Crippen LogP contribution in [-0.4, -0.2) is 36.5 Å². The van der Waals surface area contributed by atoms with E-state index in [2.05, 4.69) is 12.2 Å². The number of hydrogen-bond donors (Lipinski definition) is 1. The van der Waals surface area contributed by atoms with Crippen LogP contribution in [0.3, 0.4) is 0 Å². The molecule has 0 bridgehead atoms. The maximum atomic E-state index is 13.7. The Morgan fingerprint density at radius 1 is 1.40 bits per heavy atom. The molecule has 0 saturated carbocycles. The summed E-state index contributed by atoms with van der Waals surface area (Å²) < 4.78 is 13.7. The lowest BCUT2D eigenvalue weighted by Gasteiger charge is -2.34. The number of nitrogens with one attached hydrogen (secondary N) is 1. The van der Waals surface area contributed by atoms with E-state index in [4.69, 9.17) is 0 Å². The van der Waals surface area contributed by atoms with Gasteiger partial charge in [0.2, 0.25) is 0 Å². The third-order valence-corrected chi connectivity index (χ3v) is 3.89. The molecule has 0 atom stereocenters. The number of piperidine rings is 1. The number of carbonyl (C=O) groups excluding carboxylic acids is 1. The van der Waals surface area contributed by atoms with Gasteiger partial charge in [0, 0.05) is 18.2 Å². The Morgan fingerprint density at radius 3 is 2.70 bits per heavy atom. The van der Waals surface area contributed by atoms with Gasteiger partial charge in [-0.05, 0) is 57.0 Å². The zero-order valence-electron chi connectivity index (χ0n) is 12.3. The van der Waals surface area contributed by atoms with Crippen molar-refractivity contribution in [2.75, 3.05) is 19.6 Å². The van der Waals surface area contributed by atoms with Gasteiger partial charge in [-0.15, -0.1) is 0 Å².